The van der Waals surface area contributed by atoms with Gasteiger partial charge in [0.05, 0.1) is 25.4 Å². The first kappa shape index (κ1) is 14.2. The van der Waals surface area contributed by atoms with Crippen molar-refractivity contribution < 1.29 is 19.0 Å². The van der Waals surface area contributed by atoms with Crippen LogP contribution in [-0.2, 0) is 14.2 Å². The normalized spacial score (nSPS) is 10.2. The van der Waals surface area contributed by atoms with Crippen LogP contribution in [-0.4, -0.2) is 39.5 Å². The van der Waals surface area contributed by atoms with Gasteiger partial charge in [-0.05, 0) is 18.2 Å². The summed E-state index contributed by atoms with van der Waals surface area (Å²) in [6.07, 6.45) is 0. The summed E-state index contributed by atoms with van der Waals surface area (Å²) in [5.41, 5.74) is 0.524. The Morgan fingerprint density at radius 3 is 2.71 bits per heavy atom. The molecule has 1 aromatic carbocycles. The highest BCUT2D eigenvalue weighted by molar-refractivity contribution is 9.10. The van der Waals surface area contributed by atoms with Crippen LogP contribution in [0.2, 0.25) is 0 Å². The Morgan fingerprint density at radius 2 is 2.00 bits per heavy atom. The maximum Gasteiger partial charge on any atom is 0.338 e. The largest absolute Gasteiger partial charge is 0.460 e. The highest BCUT2D eigenvalue weighted by atomic mass is 79.9. The zero-order chi connectivity index (χ0) is 12.5. The van der Waals surface area contributed by atoms with Crippen LogP contribution in [0.3, 0.4) is 0 Å². The van der Waals surface area contributed by atoms with Crippen molar-refractivity contribution in [2.75, 3.05) is 33.5 Å². The first-order valence-corrected chi connectivity index (χ1v) is 6.02. The molecule has 17 heavy (non-hydrogen) atoms. The van der Waals surface area contributed by atoms with E-state index in [9.17, 15) is 4.79 Å². The monoisotopic (exact) mass is 302 g/mol. The molecular weight excluding hydrogens is 288 g/mol. The van der Waals surface area contributed by atoms with Gasteiger partial charge in [-0.25, -0.2) is 4.79 Å². The molecule has 0 aliphatic heterocycles. The zero-order valence-corrected chi connectivity index (χ0v) is 11.2. The van der Waals surface area contributed by atoms with E-state index in [0.29, 0.717) is 25.4 Å². The fraction of sp³-hybridized carbons (Fsp3) is 0.417. The lowest BCUT2D eigenvalue weighted by Crippen LogP contribution is -2.12. The van der Waals surface area contributed by atoms with Gasteiger partial charge in [-0.15, -0.1) is 0 Å². The number of hydrogen-bond donors (Lipinski definition) is 0. The van der Waals surface area contributed by atoms with Crippen molar-refractivity contribution in [3.05, 3.63) is 34.3 Å². The van der Waals surface area contributed by atoms with Crippen LogP contribution in [0, 0.1) is 0 Å². The average Bonchev–Trinajstić information content (AvgIpc) is 2.33. The van der Waals surface area contributed by atoms with Crippen molar-refractivity contribution in [3.63, 3.8) is 0 Å². The van der Waals surface area contributed by atoms with Gasteiger partial charge >= 0.3 is 5.97 Å². The predicted octanol–water partition coefficient (Wildman–Crippen LogP) is 2.27. The molecule has 0 N–H and O–H groups in total. The second kappa shape index (κ2) is 8.22. The van der Waals surface area contributed by atoms with Crippen LogP contribution >= 0.6 is 15.9 Å². The van der Waals surface area contributed by atoms with E-state index < -0.39 is 0 Å². The van der Waals surface area contributed by atoms with Gasteiger partial charge in [0.1, 0.15) is 6.61 Å². The summed E-state index contributed by atoms with van der Waals surface area (Å²) >= 11 is 3.29. The summed E-state index contributed by atoms with van der Waals surface area (Å²) in [5.74, 6) is -0.346. The fourth-order valence-corrected chi connectivity index (χ4v) is 1.54. The Labute approximate surface area is 109 Å². The molecule has 0 atom stereocenters. The summed E-state index contributed by atoms with van der Waals surface area (Å²) in [4.78, 5) is 11.6. The molecule has 1 rings (SSSR count). The number of carbonyl (C=O) groups excluding carboxylic acids is 1. The standard InChI is InChI=1S/C12H15BrO4/c1-15-5-6-16-7-8-17-12(14)10-3-2-4-11(13)9-10/h2-4,9H,5-8H2,1H3. The lowest BCUT2D eigenvalue weighted by molar-refractivity contribution is 0.0213. The van der Waals surface area contributed by atoms with Crippen molar-refractivity contribution in [1.29, 1.82) is 0 Å². The summed E-state index contributed by atoms with van der Waals surface area (Å²) in [6.45, 7) is 1.67. The number of esters is 1. The van der Waals surface area contributed by atoms with Crippen LogP contribution in [0.25, 0.3) is 0 Å². The zero-order valence-electron chi connectivity index (χ0n) is 9.65. The van der Waals surface area contributed by atoms with E-state index in [-0.39, 0.29) is 12.6 Å². The molecule has 0 heterocycles. The minimum absolute atomic E-state index is 0.245. The summed E-state index contributed by atoms with van der Waals surface area (Å²) in [5, 5.41) is 0. The second-order valence-electron chi connectivity index (χ2n) is 3.25. The third kappa shape index (κ3) is 5.81. The molecule has 1 aromatic rings. The Kier molecular flexibility index (Phi) is 6.84. The van der Waals surface area contributed by atoms with E-state index in [2.05, 4.69) is 15.9 Å². The molecule has 5 heteroatoms. The molecule has 0 radical (unpaired) electrons. The lowest BCUT2D eigenvalue weighted by atomic mass is 10.2. The number of halogens is 1. The average molecular weight is 303 g/mol. The van der Waals surface area contributed by atoms with Crippen molar-refractivity contribution in [2.45, 2.75) is 0 Å². The maximum atomic E-state index is 11.6. The van der Waals surface area contributed by atoms with Gasteiger partial charge in [-0.3, -0.25) is 0 Å². The second-order valence-corrected chi connectivity index (χ2v) is 4.17. The molecule has 0 saturated carbocycles. The molecule has 94 valence electrons. The minimum atomic E-state index is -0.346. The van der Waals surface area contributed by atoms with E-state index in [1.54, 1.807) is 25.3 Å². The molecule has 0 aliphatic rings. The van der Waals surface area contributed by atoms with E-state index in [4.69, 9.17) is 14.2 Å². The van der Waals surface area contributed by atoms with Gasteiger partial charge in [0.25, 0.3) is 0 Å². The molecule has 0 bridgehead atoms. The van der Waals surface area contributed by atoms with Crippen LogP contribution in [0.15, 0.2) is 28.7 Å². The summed E-state index contributed by atoms with van der Waals surface area (Å²) < 4.78 is 15.9. The number of hydrogen-bond acceptors (Lipinski definition) is 4. The summed E-state index contributed by atoms with van der Waals surface area (Å²) in [7, 11) is 1.61. The molecule has 0 amide bonds. The Hall–Kier alpha value is -0.910. The van der Waals surface area contributed by atoms with Crippen molar-refractivity contribution >= 4 is 21.9 Å². The number of ether oxygens (including phenoxy) is 3. The molecule has 4 nitrogen and oxygen atoms in total. The number of rotatable bonds is 7. The van der Waals surface area contributed by atoms with Crippen LogP contribution < -0.4 is 0 Å². The van der Waals surface area contributed by atoms with E-state index >= 15 is 0 Å². The molecular formula is C12H15BrO4. The minimum Gasteiger partial charge on any atom is -0.460 e. The third-order valence-corrected chi connectivity index (χ3v) is 2.45. The molecule has 0 spiro atoms. The van der Waals surface area contributed by atoms with Gasteiger partial charge in [0, 0.05) is 11.6 Å². The van der Waals surface area contributed by atoms with E-state index in [1.165, 1.54) is 0 Å². The highest BCUT2D eigenvalue weighted by Gasteiger charge is 2.06. The molecule has 0 aromatic heterocycles. The third-order valence-electron chi connectivity index (χ3n) is 1.95. The maximum absolute atomic E-state index is 11.6. The molecule has 0 aliphatic carbocycles. The Morgan fingerprint density at radius 1 is 1.24 bits per heavy atom. The van der Waals surface area contributed by atoms with Gasteiger partial charge in [-0.2, -0.15) is 0 Å². The Bertz CT molecular complexity index is 354. The first-order valence-electron chi connectivity index (χ1n) is 5.23. The molecule has 0 unspecified atom stereocenters. The SMILES string of the molecule is COCCOCCOC(=O)c1cccc(Br)c1. The predicted molar refractivity (Wildman–Crippen MR) is 67.1 cm³/mol. The van der Waals surface area contributed by atoms with Crippen molar-refractivity contribution in [3.8, 4) is 0 Å². The quantitative estimate of drug-likeness (QED) is 0.572. The number of benzene rings is 1. The first-order chi connectivity index (χ1) is 8.24. The van der Waals surface area contributed by atoms with Gasteiger partial charge < -0.3 is 14.2 Å². The van der Waals surface area contributed by atoms with Crippen molar-refractivity contribution in [1.82, 2.24) is 0 Å². The van der Waals surface area contributed by atoms with Gasteiger partial charge in [0.15, 0.2) is 0 Å². The fourth-order valence-electron chi connectivity index (χ4n) is 1.14. The van der Waals surface area contributed by atoms with Crippen LogP contribution in [0.4, 0.5) is 0 Å². The van der Waals surface area contributed by atoms with Crippen LogP contribution in [0.5, 0.6) is 0 Å². The number of carbonyl (C=O) groups is 1. The van der Waals surface area contributed by atoms with E-state index in [1.807, 2.05) is 6.07 Å². The Balaban J connectivity index is 2.21. The van der Waals surface area contributed by atoms with Crippen LogP contribution in [0.1, 0.15) is 10.4 Å². The topological polar surface area (TPSA) is 44.8 Å². The molecule has 0 saturated heterocycles. The smallest absolute Gasteiger partial charge is 0.338 e. The summed E-state index contributed by atoms with van der Waals surface area (Å²) in [6, 6.07) is 7.06. The van der Waals surface area contributed by atoms with Gasteiger partial charge in [0.2, 0.25) is 0 Å². The van der Waals surface area contributed by atoms with E-state index in [0.717, 1.165) is 4.47 Å². The molecule has 0 fully saturated rings. The van der Waals surface area contributed by atoms with Crippen molar-refractivity contribution in [2.24, 2.45) is 0 Å². The highest BCUT2D eigenvalue weighted by Crippen LogP contribution is 2.12. The van der Waals surface area contributed by atoms with Gasteiger partial charge in [-0.1, -0.05) is 22.0 Å². The lowest BCUT2D eigenvalue weighted by Gasteiger charge is -2.06. The number of methoxy groups -OCH3 is 1.